The van der Waals surface area contributed by atoms with Gasteiger partial charge in [0.05, 0.1) is 18.8 Å². The Labute approximate surface area is 200 Å². The first-order chi connectivity index (χ1) is 16.5. The third-order valence-corrected chi connectivity index (χ3v) is 7.20. The predicted octanol–water partition coefficient (Wildman–Crippen LogP) is 3.39. The zero-order chi connectivity index (χ0) is 24.1. The molecule has 3 atom stereocenters. The molecule has 1 aromatic heterocycles. The average molecular weight is 464 g/mol. The second-order valence-electron chi connectivity index (χ2n) is 9.25. The lowest BCUT2D eigenvalue weighted by atomic mass is 9.81. The molecule has 1 aliphatic carbocycles. The molecular formula is C25H33N7O2. The van der Waals surface area contributed by atoms with Gasteiger partial charge in [-0.25, -0.2) is 15.5 Å². The Hall–Kier alpha value is -3.33. The van der Waals surface area contributed by atoms with Crippen molar-refractivity contribution in [2.45, 2.75) is 45.2 Å². The molecule has 0 radical (unpaired) electrons. The first-order valence-corrected chi connectivity index (χ1v) is 11.8. The van der Waals surface area contributed by atoms with Crippen molar-refractivity contribution < 1.29 is 9.53 Å². The summed E-state index contributed by atoms with van der Waals surface area (Å²) in [6.45, 7) is 5.66. The number of anilines is 1. The molecule has 2 aromatic rings. The summed E-state index contributed by atoms with van der Waals surface area (Å²) >= 11 is 0. The minimum absolute atomic E-state index is 0.0418. The summed E-state index contributed by atoms with van der Waals surface area (Å²) in [5.74, 6) is 1.10. The maximum Gasteiger partial charge on any atom is 0.257 e. The second kappa shape index (κ2) is 10.7. The topological polar surface area (TPSA) is 130 Å². The maximum absolute atomic E-state index is 13.2. The van der Waals surface area contributed by atoms with E-state index < -0.39 is 0 Å². The van der Waals surface area contributed by atoms with Crippen LogP contribution in [-0.4, -0.2) is 52.6 Å². The van der Waals surface area contributed by atoms with Crippen molar-refractivity contribution in [3.63, 3.8) is 0 Å². The lowest BCUT2D eigenvalue weighted by Gasteiger charge is -2.42. The summed E-state index contributed by atoms with van der Waals surface area (Å²) in [4.78, 5) is 23.9. The number of fused-ring (bicyclic) bond motifs is 1. The molecule has 4 N–H and O–H groups in total. The highest BCUT2D eigenvalue weighted by Gasteiger charge is 2.35. The van der Waals surface area contributed by atoms with E-state index in [2.05, 4.69) is 58.5 Å². The van der Waals surface area contributed by atoms with Crippen LogP contribution in [0.3, 0.4) is 0 Å². The van der Waals surface area contributed by atoms with Gasteiger partial charge >= 0.3 is 0 Å². The Morgan fingerprint density at radius 3 is 2.56 bits per heavy atom. The summed E-state index contributed by atoms with van der Waals surface area (Å²) in [5, 5.41) is 6.73. The number of piperidine rings is 1. The highest BCUT2D eigenvalue weighted by atomic mass is 16.5. The Kier molecular flexibility index (Phi) is 7.52. The van der Waals surface area contributed by atoms with Gasteiger partial charge in [-0.2, -0.15) is 5.11 Å². The number of likely N-dealkylation sites (tertiary alicyclic amines) is 1. The normalized spacial score (nSPS) is 22.9. The zero-order valence-corrected chi connectivity index (χ0v) is 19.8. The van der Waals surface area contributed by atoms with E-state index in [1.54, 1.807) is 12.4 Å². The Morgan fingerprint density at radius 1 is 1.26 bits per heavy atom. The van der Waals surface area contributed by atoms with Crippen LogP contribution >= 0.6 is 0 Å². The van der Waals surface area contributed by atoms with Gasteiger partial charge in [0.15, 0.2) is 0 Å². The Bertz CT molecular complexity index is 1010. The molecule has 34 heavy (non-hydrogen) atoms. The van der Waals surface area contributed by atoms with Gasteiger partial charge in [-0.1, -0.05) is 31.2 Å². The molecule has 1 amide bonds. The Morgan fingerprint density at radius 2 is 1.94 bits per heavy atom. The molecule has 3 unspecified atom stereocenters. The predicted molar refractivity (Wildman–Crippen MR) is 129 cm³/mol. The molecule has 1 aromatic carbocycles. The monoisotopic (exact) mass is 463 g/mol. The van der Waals surface area contributed by atoms with Crippen LogP contribution in [-0.2, 0) is 17.6 Å². The zero-order valence-electron chi connectivity index (χ0n) is 19.8. The largest absolute Gasteiger partial charge is 0.403 e. The summed E-state index contributed by atoms with van der Waals surface area (Å²) < 4.78 is 5.71. The van der Waals surface area contributed by atoms with Crippen LogP contribution in [0, 0.1) is 17.4 Å². The number of amides is 1. The molecule has 9 nitrogen and oxygen atoms in total. The van der Waals surface area contributed by atoms with E-state index in [0.29, 0.717) is 36.3 Å². The molecule has 2 heterocycles. The van der Waals surface area contributed by atoms with Gasteiger partial charge < -0.3 is 20.7 Å². The van der Waals surface area contributed by atoms with E-state index >= 15 is 0 Å². The van der Waals surface area contributed by atoms with E-state index in [4.69, 9.17) is 16.0 Å². The van der Waals surface area contributed by atoms with Crippen molar-refractivity contribution in [2.75, 3.05) is 25.1 Å². The highest BCUT2D eigenvalue weighted by Crippen LogP contribution is 2.30. The average Bonchev–Trinajstić information content (AvgIpc) is 3.27. The fourth-order valence-electron chi connectivity index (χ4n) is 4.93. The number of ether oxygens (including phenoxy) is 1. The lowest BCUT2D eigenvalue weighted by Crippen LogP contribution is -2.50. The van der Waals surface area contributed by atoms with Gasteiger partial charge in [-0.3, -0.25) is 4.79 Å². The molecule has 2 aliphatic rings. The van der Waals surface area contributed by atoms with Gasteiger partial charge in [0.1, 0.15) is 5.70 Å². The number of rotatable bonds is 8. The molecule has 4 rings (SSSR count). The van der Waals surface area contributed by atoms with Crippen molar-refractivity contribution in [3.8, 4) is 0 Å². The van der Waals surface area contributed by atoms with E-state index in [1.807, 2.05) is 4.90 Å². The third kappa shape index (κ3) is 5.25. The summed E-state index contributed by atoms with van der Waals surface area (Å²) in [5.41, 5.74) is 16.1. The molecule has 1 aliphatic heterocycles. The number of nitrogens with two attached hydrogens (primary N) is 1. The molecule has 0 saturated carbocycles. The molecule has 1 fully saturated rings. The van der Waals surface area contributed by atoms with Gasteiger partial charge in [-0.15, -0.1) is 0 Å². The molecule has 9 heteroatoms. The maximum atomic E-state index is 13.2. The number of aromatic nitrogens is 2. The van der Waals surface area contributed by atoms with Crippen LogP contribution in [0.2, 0.25) is 0 Å². The van der Waals surface area contributed by atoms with Crippen LogP contribution in [0.5, 0.6) is 0 Å². The number of hydrogen-bond acceptors (Lipinski definition) is 8. The molecule has 0 bridgehead atoms. The quantitative estimate of drug-likeness (QED) is 0.515. The van der Waals surface area contributed by atoms with Crippen LogP contribution in [0.1, 0.15) is 41.8 Å². The molecule has 0 spiro atoms. The Balaban J connectivity index is 1.30. The fraction of sp³-hybridized carbons (Fsp3) is 0.480. The molecule has 180 valence electrons. The second-order valence-corrected chi connectivity index (χ2v) is 9.25. The standard InChI is InChI=1S/C25H33N7O2/c1-16-17(2)32(8-7-20(16)14-34-15-23(11-26)31-27)24(33)21-12-28-25(29-13-21)30-22-9-18-5-3-4-6-19(18)10-22/h3-6,11-13,16-17,20,22,27H,7-10,14-15,26H2,1-2H3,(H,28,29,30)/b23-11-,31-27?. The SMILES string of the molecule is CC1C(COC/C(=C/N)N=N)CCN(C(=O)c2cnc(NC3Cc4ccccc4C3)nc2)C1C. The lowest BCUT2D eigenvalue weighted by molar-refractivity contribution is 0.0149. The fourth-order valence-corrected chi connectivity index (χ4v) is 4.93. The summed E-state index contributed by atoms with van der Waals surface area (Å²) in [7, 11) is 0. The first kappa shape index (κ1) is 23.8. The third-order valence-electron chi connectivity index (χ3n) is 7.20. The van der Waals surface area contributed by atoms with E-state index in [0.717, 1.165) is 19.3 Å². The summed E-state index contributed by atoms with van der Waals surface area (Å²) in [6, 6.07) is 8.81. The van der Waals surface area contributed by atoms with Crippen molar-refractivity contribution >= 4 is 11.9 Å². The van der Waals surface area contributed by atoms with Crippen molar-refractivity contribution in [1.82, 2.24) is 14.9 Å². The van der Waals surface area contributed by atoms with E-state index in [1.165, 1.54) is 17.3 Å². The van der Waals surface area contributed by atoms with Crippen molar-refractivity contribution in [3.05, 3.63) is 65.2 Å². The van der Waals surface area contributed by atoms with Gasteiger partial charge in [0.25, 0.3) is 5.91 Å². The number of carbonyl (C=O) groups is 1. The van der Waals surface area contributed by atoms with Crippen molar-refractivity contribution in [1.29, 1.82) is 5.53 Å². The van der Waals surface area contributed by atoms with Gasteiger partial charge in [-0.05, 0) is 49.1 Å². The van der Waals surface area contributed by atoms with Crippen LogP contribution < -0.4 is 11.1 Å². The van der Waals surface area contributed by atoms with Crippen LogP contribution in [0.15, 0.2) is 53.7 Å². The van der Waals surface area contributed by atoms with Gasteiger partial charge in [0, 0.05) is 37.2 Å². The number of hydrogen-bond donors (Lipinski definition) is 3. The van der Waals surface area contributed by atoms with E-state index in [9.17, 15) is 4.79 Å². The highest BCUT2D eigenvalue weighted by molar-refractivity contribution is 5.94. The first-order valence-electron chi connectivity index (χ1n) is 11.8. The molecule has 1 saturated heterocycles. The minimum Gasteiger partial charge on any atom is -0.403 e. The van der Waals surface area contributed by atoms with Crippen LogP contribution in [0.25, 0.3) is 0 Å². The van der Waals surface area contributed by atoms with Crippen LogP contribution in [0.4, 0.5) is 5.95 Å². The minimum atomic E-state index is -0.0418. The van der Waals surface area contributed by atoms with Gasteiger partial charge in [0.2, 0.25) is 5.95 Å². The number of carbonyl (C=O) groups excluding carboxylic acids is 1. The number of nitrogens with zero attached hydrogens (tertiary/aromatic N) is 4. The number of nitrogens with one attached hydrogen (secondary N) is 2. The molecular weight excluding hydrogens is 430 g/mol. The van der Waals surface area contributed by atoms with Crippen molar-refractivity contribution in [2.24, 2.45) is 22.7 Å². The smallest absolute Gasteiger partial charge is 0.257 e. The number of benzene rings is 1. The van der Waals surface area contributed by atoms with E-state index in [-0.39, 0.29) is 30.5 Å². The summed E-state index contributed by atoms with van der Waals surface area (Å²) in [6.07, 6.45) is 7.29.